The van der Waals surface area contributed by atoms with Crippen molar-refractivity contribution in [1.82, 2.24) is 19.7 Å². The Morgan fingerprint density at radius 2 is 1.56 bits per heavy atom. The van der Waals surface area contributed by atoms with Crippen molar-refractivity contribution in [2.75, 3.05) is 19.5 Å². The fraction of sp³-hybridized carbons (Fsp3) is 0.138. The molecule has 0 atom stereocenters. The van der Waals surface area contributed by atoms with Crippen molar-refractivity contribution in [2.45, 2.75) is 13.8 Å². The molecule has 1 amide bonds. The van der Waals surface area contributed by atoms with Crippen LogP contribution in [-0.2, 0) is 0 Å². The summed E-state index contributed by atoms with van der Waals surface area (Å²) in [6, 6.07) is 19.0. The zero-order valence-corrected chi connectivity index (χ0v) is 21.8. The molecular formula is C29H25N5O5. The molecule has 0 saturated heterocycles. The lowest BCUT2D eigenvalue weighted by Crippen LogP contribution is -2.26. The molecule has 196 valence electrons. The summed E-state index contributed by atoms with van der Waals surface area (Å²) in [6.07, 6.45) is 1.41. The Hall–Kier alpha value is -5.25. The van der Waals surface area contributed by atoms with Crippen LogP contribution in [0.1, 0.15) is 21.6 Å². The molecule has 5 rings (SSSR count). The first kappa shape index (κ1) is 25.4. The largest absolute Gasteiger partial charge is 0.493 e. The summed E-state index contributed by atoms with van der Waals surface area (Å²) in [5, 5.41) is 7.81. The van der Waals surface area contributed by atoms with E-state index < -0.39 is 5.91 Å². The Morgan fingerprint density at radius 1 is 0.872 bits per heavy atom. The first-order valence-corrected chi connectivity index (χ1v) is 12.0. The molecule has 10 heteroatoms. The fourth-order valence-corrected chi connectivity index (χ4v) is 3.99. The molecule has 0 bridgehead atoms. The van der Waals surface area contributed by atoms with Gasteiger partial charge in [-0.15, -0.1) is 0 Å². The van der Waals surface area contributed by atoms with Crippen molar-refractivity contribution in [1.29, 1.82) is 0 Å². The molecule has 5 aromatic rings. The number of nitrogens with one attached hydrogen (secondary N) is 1. The van der Waals surface area contributed by atoms with E-state index in [0.717, 1.165) is 5.56 Å². The standard InChI is InChI=1S/C29H25N5O5/c1-17-5-9-20(10-6-17)34-26(35)13-18(2)27(33-34)28(36)32-19-7-11-21(12-8-19)39-29-22-14-24(37-3)25(38-4)15-23(22)30-16-31-29/h5-16H,1-4H3,(H,32,36). The molecule has 0 radical (unpaired) electrons. The summed E-state index contributed by atoms with van der Waals surface area (Å²) < 4.78 is 18.0. The third-order valence-electron chi connectivity index (χ3n) is 6.05. The number of carbonyl (C=O) groups is 1. The molecule has 0 aliphatic carbocycles. The van der Waals surface area contributed by atoms with Crippen LogP contribution in [0.15, 0.2) is 77.9 Å². The van der Waals surface area contributed by atoms with Crippen LogP contribution in [-0.4, -0.2) is 39.9 Å². The molecule has 0 spiro atoms. The summed E-state index contributed by atoms with van der Waals surface area (Å²) in [7, 11) is 3.11. The summed E-state index contributed by atoms with van der Waals surface area (Å²) in [5.74, 6) is 1.49. The smallest absolute Gasteiger partial charge is 0.276 e. The number of amides is 1. The van der Waals surface area contributed by atoms with Gasteiger partial charge in [-0.05, 0) is 61.9 Å². The second-order valence-electron chi connectivity index (χ2n) is 8.75. The van der Waals surface area contributed by atoms with Crippen molar-refractivity contribution in [3.05, 3.63) is 100 Å². The molecule has 1 N–H and O–H groups in total. The maximum atomic E-state index is 13.1. The Balaban J connectivity index is 1.36. The molecule has 3 aromatic carbocycles. The number of nitrogens with zero attached hydrogens (tertiary/aromatic N) is 4. The normalized spacial score (nSPS) is 10.8. The summed E-state index contributed by atoms with van der Waals surface area (Å²) in [5.41, 5.74) is 3.10. The highest BCUT2D eigenvalue weighted by atomic mass is 16.5. The monoisotopic (exact) mass is 523 g/mol. The number of hydrogen-bond acceptors (Lipinski definition) is 8. The van der Waals surface area contributed by atoms with Gasteiger partial charge in [0.1, 0.15) is 12.1 Å². The summed E-state index contributed by atoms with van der Waals surface area (Å²) in [4.78, 5) is 34.1. The van der Waals surface area contributed by atoms with Gasteiger partial charge in [-0.25, -0.2) is 9.97 Å². The minimum absolute atomic E-state index is 0.146. The van der Waals surface area contributed by atoms with Gasteiger partial charge in [-0.2, -0.15) is 9.78 Å². The van der Waals surface area contributed by atoms with E-state index >= 15 is 0 Å². The third-order valence-corrected chi connectivity index (χ3v) is 6.05. The number of benzene rings is 3. The van der Waals surface area contributed by atoms with Crippen LogP contribution < -0.4 is 25.1 Å². The lowest BCUT2D eigenvalue weighted by molar-refractivity contribution is 0.102. The molecule has 2 heterocycles. The lowest BCUT2D eigenvalue weighted by atomic mass is 10.2. The molecule has 2 aromatic heterocycles. The van der Waals surface area contributed by atoms with Crippen molar-refractivity contribution < 1.29 is 19.0 Å². The predicted octanol–water partition coefficient (Wildman–Crippen LogP) is 4.85. The van der Waals surface area contributed by atoms with Crippen LogP contribution in [0.4, 0.5) is 5.69 Å². The Labute approximate surface area is 223 Å². The van der Waals surface area contributed by atoms with Crippen LogP contribution >= 0.6 is 0 Å². The van der Waals surface area contributed by atoms with E-state index in [4.69, 9.17) is 14.2 Å². The molecular weight excluding hydrogens is 498 g/mol. The van der Waals surface area contributed by atoms with Gasteiger partial charge < -0.3 is 19.5 Å². The van der Waals surface area contributed by atoms with E-state index in [0.29, 0.717) is 51.0 Å². The molecule has 0 aliphatic heterocycles. The molecule has 0 aliphatic rings. The molecule has 0 fully saturated rings. The van der Waals surface area contributed by atoms with Crippen LogP contribution in [0.2, 0.25) is 0 Å². The van der Waals surface area contributed by atoms with Gasteiger partial charge in [-0.1, -0.05) is 17.7 Å². The highest BCUT2D eigenvalue weighted by Gasteiger charge is 2.16. The first-order valence-electron chi connectivity index (χ1n) is 12.0. The highest BCUT2D eigenvalue weighted by Crippen LogP contribution is 2.35. The maximum absolute atomic E-state index is 13.1. The van der Waals surface area contributed by atoms with Crippen LogP contribution in [0, 0.1) is 13.8 Å². The van der Waals surface area contributed by atoms with Gasteiger partial charge >= 0.3 is 0 Å². The third kappa shape index (κ3) is 5.26. The average molecular weight is 524 g/mol. The van der Waals surface area contributed by atoms with E-state index in [2.05, 4.69) is 20.4 Å². The number of methoxy groups -OCH3 is 2. The number of fused-ring (bicyclic) bond motifs is 1. The molecule has 0 unspecified atom stereocenters. The predicted molar refractivity (Wildman–Crippen MR) is 146 cm³/mol. The number of aryl methyl sites for hydroxylation is 2. The maximum Gasteiger partial charge on any atom is 0.276 e. The number of ether oxygens (including phenoxy) is 3. The first-order chi connectivity index (χ1) is 18.9. The Kier molecular flexibility index (Phi) is 6.92. The minimum Gasteiger partial charge on any atom is -0.493 e. The van der Waals surface area contributed by atoms with E-state index in [1.165, 1.54) is 17.1 Å². The average Bonchev–Trinajstić information content (AvgIpc) is 2.94. The minimum atomic E-state index is -0.440. The number of aromatic nitrogens is 4. The van der Waals surface area contributed by atoms with Crippen molar-refractivity contribution in [3.63, 3.8) is 0 Å². The van der Waals surface area contributed by atoms with Gasteiger partial charge in [-0.3, -0.25) is 9.59 Å². The van der Waals surface area contributed by atoms with Gasteiger partial charge in [0, 0.05) is 17.8 Å². The summed E-state index contributed by atoms with van der Waals surface area (Å²) in [6.45, 7) is 3.63. The van der Waals surface area contributed by atoms with Crippen molar-refractivity contribution >= 4 is 22.5 Å². The highest BCUT2D eigenvalue weighted by molar-refractivity contribution is 6.03. The Morgan fingerprint density at radius 3 is 2.26 bits per heavy atom. The van der Waals surface area contributed by atoms with Crippen molar-refractivity contribution in [3.8, 4) is 28.8 Å². The number of rotatable bonds is 7. The van der Waals surface area contributed by atoms with E-state index in [1.54, 1.807) is 69.7 Å². The van der Waals surface area contributed by atoms with Crippen LogP contribution in [0.5, 0.6) is 23.1 Å². The fourth-order valence-electron chi connectivity index (χ4n) is 3.99. The topological polar surface area (TPSA) is 117 Å². The van der Waals surface area contributed by atoms with Gasteiger partial charge in [0.05, 0.1) is 30.8 Å². The van der Waals surface area contributed by atoms with E-state index in [9.17, 15) is 9.59 Å². The lowest BCUT2D eigenvalue weighted by Gasteiger charge is -2.12. The zero-order chi connectivity index (χ0) is 27.5. The second kappa shape index (κ2) is 10.6. The number of hydrogen-bond donors (Lipinski definition) is 1. The zero-order valence-electron chi connectivity index (χ0n) is 21.8. The van der Waals surface area contributed by atoms with Gasteiger partial charge in [0.2, 0.25) is 5.88 Å². The molecule has 39 heavy (non-hydrogen) atoms. The van der Waals surface area contributed by atoms with E-state index in [1.807, 2.05) is 19.1 Å². The molecule has 10 nitrogen and oxygen atoms in total. The van der Waals surface area contributed by atoms with Crippen molar-refractivity contribution in [2.24, 2.45) is 0 Å². The van der Waals surface area contributed by atoms with E-state index in [-0.39, 0.29) is 11.3 Å². The second-order valence-corrected chi connectivity index (χ2v) is 8.75. The number of anilines is 1. The van der Waals surface area contributed by atoms with Crippen LogP contribution in [0.25, 0.3) is 16.6 Å². The number of carbonyl (C=O) groups excluding carboxylic acids is 1. The molecule has 0 saturated carbocycles. The summed E-state index contributed by atoms with van der Waals surface area (Å²) >= 11 is 0. The van der Waals surface area contributed by atoms with Gasteiger partial charge in [0.25, 0.3) is 11.5 Å². The Bertz CT molecular complexity index is 1730. The quantitative estimate of drug-likeness (QED) is 0.322. The SMILES string of the molecule is COc1cc2ncnc(Oc3ccc(NC(=O)c4nn(-c5ccc(C)cc5)c(=O)cc4C)cc3)c2cc1OC. The van der Waals surface area contributed by atoms with Gasteiger partial charge in [0.15, 0.2) is 17.2 Å². The van der Waals surface area contributed by atoms with Crippen LogP contribution in [0.3, 0.4) is 0 Å².